The van der Waals surface area contributed by atoms with Crippen LogP contribution in [-0.2, 0) is 10.1 Å². The van der Waals surface area contributed by atoms with Crippen LogP contribution in [0.3, 0.4) is 0 Å². The molecule has 0 spiro atoms. The summed E-state index contributed by atoms with van der Waals surface area (Å²) in [7, 11) is 0. The quantitative estimate of drug-likeness (QED) is 0.514. The highest BCUT2D eigenvalue weighted by atomic mass is 79.9. The van der Waals surface area contributed by atoms with E-state index in [-0.39, 0.29) is 11.6 Å². The molecule has 0 atom stereocenters. The van der Waals surface area contributed by atoms with E-state index in [1.165, 1.54) is 6.92 Å². The Hall–Kier alpha value is -2.21. The Morgan fingerprint density at radius 1 is 1.30 bits per heavy atom. The number of benzene rings is 1. The van der Waals surface area contributed by atoms with Crippen LogP contribution < -0.4 is 0 Å². The lowest BCUT2D eigenvalue weighted by atomic mass is 10.1. The van der Waals surface area contributed by atoms with Crippen LogP contribution in [0.5, 0.6) is 0 Å². The molecule has 0 saturated heterocycles. The van der Waals surface area contributed by atoms with Crippen molar-refractivity contribution in [3.8, 4) is 0 Å². The first-order valence-electron chi connectivity index (χ1n) is 7.24. The second-order valence-electron chi connectivity index (χ2n) is 5.11. The van der Waals surface area contributed by atoms with Crippen molar-refractivity contribution >= 4 is 49.6 Å². The molecule has 3 rings (SSSR count). The molecule has 2 aromatic heterocycles. The molecule has 3 aromatic rings. The number of aromatic nitrogens is 2. The lowest BCUT2D eigenvalue weighted by Gasteiger charge is -2.02. The number of carbonyl (C=O) groups excluding carboxylic acids is 2. The van der Waals surface area contributed by atoms with Gasteiger partial charge >= 0.3 is 5.97 Å². The minimum absolute atomic E-state index is 0.0950. The van der Waals surface area contributed by atoms with Gasteiger partial charge in [-0.15, -0.1) is 0 Å². The van der Waals surface area contributed by atoms with Crippen LogP contribution >= 0.6 is 15.9 Å². The summed E-state index contributed by atoms with van der Waals surface area (Å²) in [5.74, 6) is -0.558. The van der Waals surface area contributed by atoms with Gasteiger partial charge in [0.05, 0.1) is 23.8 Å². The molecule has 0 amide bonds. The fourth-order valence-corrected chi connectivity index (χ4v) is 3.27. The SMILES string of the molecule is CCOC(=O)c1cc2c3c(CBr)cccc3n(C(C)=O)c2cn1. The van der Waals surface area contributed by atoms with E-state index in [0.29, 0.717) is 17.5 Å². The Labute approximate surface area is 141 Å². The Balaban J connectivity index is 2.40. The summed E-state index contributed by atoms with van der Waals surface area (Å²) < 4.78 is 6.64. The molecule has 0 radical (unpaired) electrons. The Morgan fingerprint density at radius 3 is 2.74 bits per heavy atom. The van der Waals surface area contributed by atoms with Gasteiger partial charge < -0.3 is 4.74 Å². The normalized spacial score (nSPS) is 11.1. The summed E-state index contributed by atoms with van der Waals surface area (Å²) in [5, 5.41) is 2.42. The average molecular weight is 375 g/mol. The van der Waals surface area contributed by atoms with E-state index < -0.39 is 5.97 Å². The molecule has 2 heterocycles. The van der Waals surface area contributed by atoms with E-state index in [0.717, 1.165) is 21.9 Å². The van der Waals surface area contributed by atoms with Crippen LogP contribution in [0.1, 0.15) is 34.7 Å². The molecule has 0 unspecified atom stereocenters. The molecule has 0 N–H and O–H groups in total. The average Bonchev–Trinajstić information content (AvgIpc) is 2.88. The Morgan fingerprint density at radius 2 is 2.09 bits per heavy atom. The topological polar surface area (TPSA) is 61.2 Å². The third kappa shape index (κ3) is 2.53. The summed E-state index contributed by atoms with van der Waals surface area (Å²) in [6.45, 7) is 3.56. The van der Waals surface area contributed by atoms with Gasteiger partial charge in [-0.25, -0.2) is 9.78 Å². The van der Waals surface area contributed by atoms with Crippen molar-refractivity contribution in [2.75, 3.05) is 6.61 Å². The summed E-state index contributed by atoms with van der Waals surface area (Å²) in [6.07, 6.45) is 1.56. The van der Waals surface area contributed by atoms with Gasteiger partial charge in [-0.05, 0) is 24.6 Å². The van der Waals surface area contributed by atoms with Crippen LogP contribution in [0.2, 0.25) is 0 Å². The minimum Gasteiger partial charge on any atom is -0.461 e. The van der Waals surface area contributed by atoms with Gasteiger partial charge in [0.25, 0.3) is 0 Å². The van der Waals surface area contributed by atoms with Crippen LogP contribution in [-0.4, -0.2) is 28.0 Å². The maximum Gasteiger partial charge on any atom is 0.356 e. The summed E-state index contributed by atoms with van der Waals surface area (Å²) in [6, 6.07) is 7.50. The Bertz CT molecular complexity index is 930. The molecule has 0 fully saturated rings. The van der Waals surface area contributed by atoms with E-state index in [1.807, 2.05) is 18.2 Å². The van der Waals surface area contributed by atoms with Crippen molar-refractivity contribution in [2.24, 2.45) is 0 Å². The fraction of sp³-hybridized carbons (Fsp3) is 0.235. The molecule has 0 saturated carbocycles. The largest absolute Gasteiger partial charge is 0.461 e. The Kier molecular flexibility index (Phi) is 4.17. The number of carbonyl (C=O) groups is 2. The second-order valence-corrected chi connectivity index (χ2v) is 5.67. The molecular weight excluding hydrogens is 360 g/mol. The summed E-state index contributed by atoms with van der Waals surface area (Å²) >= 11 is 3.48. The molecule has 6 heteroatoms. The number of esters is 1. The van der Waals surface area contributed by atoms with Crippen molar-refractivity contribution in [1.29, 1.82) is 0 Å². The number of ether oxygens (including phenoxy) is 1. The number of hydrogen-bond acceptors (Lipinski definition) is 4. The van der Waals surface area contributed by atoms with Gasteiger partial charge in [0.15, 0.2) is 0 Å². The van der Waals surface area contributed by atoms with Crippen LogP contribution in [0, 0.1) is 0 Å². The zero-order valence-electron chi connectivity index (χ0n) is 12.8. The highest BCUT2D eigenvalue weighted by molar-refractivity contribution is 9.08. The maximum atomic E-state index is 12.1. The molecule has 0 bridgehead atoms. The third-order valence-corrected chi connectivity index (χ3v) is 4.31. The molecule has 0 aliphatic heterocycles. The smallest absolute Gasteiger partial charge is 0.356 e. The maximum absolute atomic E-state index is 12.1. The molecular formula is C17H15BrN2O3. The monoisotopic (exact) mass is 374 g/mol. The lowest BCUT2D eigenvalue weighted by molar-refractivity contribution is 0.0519. The zero-order valence-corrected chi connectivity index (χ0v) is 14.4. The molecule has 0 aliphatic rings. The standard InChI is InChI=1S/C17H15BrN2O3/c1-3-23-17(22)13-7-12-15(9-19-13)20(10(2)21)14-6-4-5-11(8-18)16(12)14/h4-7,9H,3,8H2,1-2H3. The highest BCUT2D eigenvalue weighted by Crippen LogP contribution is 2.32. The molecule has 23 heavy (non-hydrogen) atoms. The first-order chi connectivity index (χ1) is 11.1. The lowest BCUT2D eigenvalue weighted by Crippen LogP contribution is -2.08. The third-order valence-electron chi connectivity index (χ3n) is 3.71. The van der Waals surface area contributed by atoms with E-state index in [9.17, 15) is 9.59 Å². The van der Waals surface area contributed by atoms with E-state index >= 15 is 0 Å². The van der Waals surface area contributed by atoms with Crippen LogP contribution in [0.15, 0.2) is 30.5 Å². The van der Waals surface area contributed by atoms with Gasteiger partial charge in [-0.1, -0.05) is 28.1 Å². The van der Waals surface area contributed by atoms with E-state index in [2.05, 4.69) is 20.9 Å². The molecule has 0 aliphatic carbocycles. The number of halogens is 1. The van der Waals surface area contributed by atoms with Gasteiger partial charge in [-0.3, -0.25) is 9.36 Å². The van der Waals surface area contributed by atoms with Gasteiger partial charge in [-0.2, -0.15) is 0 Å². The predicted molar refractivity (Wildman–Crippen MR) is 92.1 cm³/mol. The van der Waals surface area contributed by atoms with Crippen molar-refractivity contribution in [3.63, 3.8) is 0 Å². The number of hydrogen-bond donors (Lipinski definition) is 0. The van der Waals surface area contributed by atoms with Crippen molar-refractivity contribution < 1.29 is 14.3 Å². The minimum atomic E-state index is -0.463. The number of alkyl halides is 1. The number of nitrogens with zero attached hydrogens (tertiary/aromatic N) is 2. The first-order valence-corrected chi connectivity index (χ1v) is 8.36. The summed E-state index contributed by atoms with van der Waals surface area (Å²) in [5.41, 5.74) is 2.79. The number of pyridine rings is 1. The summed E-state index contributed by atoms with van der Waals surface area (Å²) in [4.78, 5) is 28.2. The molecule has 118 valence electrons. The molecule has 1 aromatic carbocycles. The number of rotatable bonds is 3. The van der Waals surface area contributed by atoms with Crippen molar-refractivity contribution in [1.82, 2.24) is 9.55 Å². The zero-order chi connectivity index (χ0) is 16.6. The van der Waals surface area contributed by atoms with Crippen molar-refractivity contribution in [2.45, 2.75) is 19.2 Å². The van der Waals surface area contributed by atoms with Crippen LogP contribution in [0.25, 0.3) is 21.8 Å². The van der Waals surface area contributed by atoms with Gasteiger partial charge in [0.1, 0.15) is 5.69 Å². The van der Waals surface area contributed by atoms with E-state index in [1.54, 1.807) is 23.8 Å². The van der Waals surface area contributed by atoms with Crippen molar-refractivity contribution in [3.05, 3.63) is 41.7 Å². The second kappa shape index (κ2) is 6.12. The first kappa shape index (κ1) is 15.7. The van der Waals surface area contributed by atoms with Gasteiger partial charge in [0.2, 0.25) is 5.91 Å². The predicted octanol–water partition coefficient (Wildman–Crippen LogP) is 3.92. The number of fused-ring (bicyclic) bond motifs is 3. The fourth-order valence-electron chi connectivity index (χ4n) is 2.81. The van der Waals surface area contributed by atoms with Crippen LogP contribution in [0.4, 0.5) is 0 Å². The van der Waals surface area contributed by atoms with E-state index in [4.69, 9.17) is 4.74 Å². The highest BCUT2D eigenvalue weighted by Gasteiger charge is 2.18. The van der Waals surface area contributed by atoms with Gasteiger partial charge in [0, 0.05) is 23.0 Å². The molecule has 5 nitrogen and oxygen atoms in total.